The van der Waals surface area contributed by atoms with Crippen molar-refractivity contribution in [2.24, 2.45) is 4.99 Å². The Morgan fingerprint density at radius 2 is 1.96 bits per heavy atom. The average molecular weight is 365 g/mol. The number of rotatable bonds is 9. The van der Waals surface area contributed by atoms with Gasteiger partial charge in [0, 0.05) is 32.2 Å². The van der Waals surface area contributed by atoms with Crippen molar-refractivity contribution in [2.45, 2.75) is 45.6 Å². The van der Waals surface area contributed by atoms with Crippen LogP contribution in [0.15, 0.2) is 4.99 Å². The first-order chi connectivity index (χ1) is 11.0. The van der Waals surface area contributed by atoms with Gasteiger partial charge in [-0.15, -0.1) is 0 Å². The van der Waals surface area contributed by atoms with Crippen molar-refractivity contribution < 1.29 is 8.42 Å². The Labute approximate surface area is 145 Å². The Morgan fingerprint density at radius 1 is 1.26 bits per heavy atom. The molecule has 0 amide bonds. The van der Waals surface area contributed by atoms with E-state index in [1.165, 1.54) is 12.2 Å². The van der Waals surface area contributed by atoms with E-state index < -0.39 is 10.0 Å². The van der Waals surface area contributed by atoms with Gasteiger partial charge in [0.25, 0.3) is 0 Å². The second-order valence-electron chi connectivity index (χ2n) is 5.68. The molecule has 0 aromatic heterocycles. The summed E-state index contributed by atoms with van der Waals surface area (Å²) in [5.74, 6) is 2.23. The minimum Gasteiger partial charge on any atom is -0.357 e. The van der Waals surface area contributed by atoms with E-state index in [4.69, 9.17) is 0 Å². The first kappa shape index (κ1) is 20.6. The molecule has 8 heteroatoms. The van der Waals surface area contributed by atoms with Crippen LogP contribution in [0.25, 0.3) is 0 Å². The number of unbranched alkanes of at least 4 members (excludes halogenated alkanes) is 1. The van der Waals surface area contributed by atoms with Crippen LogP contribution in [0.5, 0.6) is 0 Å². The van der Waals surface area contributed by atoms with Crippen molar-refractivity contribution in [1.82, 2.24) is 14.9 Å². The van der Waals surface area contributed by atoms with Gasteiger partial charge in [0.05, 0.1) is 5.75 Å². The summed E-state index contributed by atoms with van der Waals surface area (Å²) in [4.78, 5) is 4.62. The monoisotopic (exact) mass is 364 g/mol. The number of aliphatic imine (C=N–C) groups is 1. The van der Waals surface area contributed by atoms with Crippen LogP contribution in [-0.4, -0.2) is 68.7 Å². The summed E-state index contributed by atoms with van der Waals surface area (Å²) < 4.78 is 25.4. The highest BCUT2D eigenvalue weighted by molar-refractivity contribution is 7.98. The van der Waals surface area contributed by atoms with Gasteiger partial charge in [0.15, 0.2) is 5.96 Å². The van der Waals surface area contributed by atoms with Crippen molar-refractivity contribution in [2.75, 3.05) is 43.9 Å². The fourth-order valence-electron chi connectivity index (χ4n) is 2.52. The van der Waals surface area contributed by atoms with E-state index in [1.807, 2.05) is 11.8 Å². The number of guanidine groups is 1. The molecule has 23 heavy (non-hydrogen) atoms. The highest BCUT2D eigenvalue weighted by Gasteiger charge is 2.26. The quantitative estimate of drug-likeness (QED) is 0.368. The Morgan fingerprint density at radius 3 is 2.52 bits per heavy atom. The lowest BCUT2D eigenvalue weighted by atomic mass is 10.1. The topological polar surface area (TPSA) is 73.8 Å². The Kier molecular flexibility index (Phi) is 9.97. The molecule has 0 aliphatic carbocycles. The molecule has 0 bridgehead atoms. The van der Waals surface area contributed by atoms with Gasteiger partial charge in [-0.05, 0) is 51.5 Å². The maximum absolute atomic E-state index is 11.9. The molecule has 1 rings (SSSR count). The number of nitrogens with one attached hydrogen (secondary N) is 2. The molecule has 1 aliphatic rings. The first-order valence-electron chi connectivity index (χ1n) is 8.55. The van der Waals surface area contributed by atoms with Crippen molar-refractivity contribution in [3.63, 3.8) is 0 Å². The molecule has 0 radical (unpaired) electrons. The summed E-state index contributed by atoms with van der Waals surface area (Å²) in [6.45, 7) is 6.62. The third kappa shape index (κ3) is 7.76. The summed E-state index contributed by atoms with van der Waals surface area (Å²) >= 11 is 1.87. The van der Waals surface area contributed by atoms with E-state index in [2.05, 4.69) is 28.8 Å². The largest absolute Gasteiger partial charge is 0.357 e. The zero-order valence-corrected chi connectivity index (χ0v) is 16.3. The molecule has 0 unspecified atom stereocenters. The Hall–Kier alpha value is -0.470. The van der Waals surface area contributed by atoms with E-state index in [1.54, 1.807) is 11.2 Å². The second-order valence-corrected chi connectivity index (χ2v) is 8.92. The summed E-state index contributed by atoms with van der Waals surface area (Å²) in [5, 5.41) is 6.73. The van der Waals surface area contributed by atoms with Crippen LogP contribution >= 0.6 is 11.8 Å². The number of nitrogens with zero attached hydrogens (tertiary/aromatic N) is 2. The molecule has 0 saturated carbocycles. The number of hydrogen-bond acceptors (Lipinski definition) is 4. The standard InChI is InChI=1S/C15H32N4O2S2/c1-4-16-15(17-10-6-7-13-22-3)18-14-8-11-19(12-9-14)23(20,21)5-2/h14H,4-13H2,1-3H3,(H2,16,17,18). The van der Waals surface area contributed by atoms with E-state index in [0.717, 1.165) is 38.3 Å². The summed E-state index contributed by atoms with van der Waals surface area (Å²) in [5.41, 5.74) is 0. The van der Waals surface area contributed by atoms with Crippen LogP contribution in [0.4, 0.5) is 0 Å². The molecule has 1 saturated heterocycles. The zero-order chi connectivity index (χ0) is 17.1. The van der Waals surface area contributed by atoms with Gasteiger partial charge in [-0.3, -0.25) is 4.99 Å². The number of hydrogen-bond donors (Lipinski definition) is 2. The molecule has 0 aromatic carbocycles. The molecule has 1 heterocycles. The van der Waals surface area contributed by atoms with Crippen LogP contribution in [0.2, 0.25) is 0 Å². The Bertz CT molecular complexity index is 446. The number of thioether (sulfide) groups is 1. The number of piperidine rings is 1. The van der Waals surface area contributed by atoms with Crippen molar-refractivity contribution in [3.05, 3.63) is 0 Å². The predicted molar refractivity (Wildman–Crippen MR) is 101 cm³/mol. The molecule has 0 atom stereocenters. The summed E-state index contributed by atoms with van der Waals surface area (Å²) in [7, 11) is -3.05. The van der Waals surface area contributed by atoms with Crippen LogP contribution in [0.1, 0.15) is 39.5 Å². The van der Waals surface area contributed by atoms with Gasteiger partial charge < -0.3 is 10.6 Å². The second kappa shape index (κ2) is 11.1. The third-order valence-electron chi connectivity index (χ3n) is 3.92. The maximum atomic E-state index is 11.9. The van der Waals surface area contributed by atoms with E-state index in [9.17, 15) is 8.42 Å². The lowest BCUT2D eigenvalue weighted by Crippen LogP contribution is -2.50. The molecular weight excluding hydrogens is 332 g/mol. The van der Waals surface area contributed by atoms with Crippen molar-refractivity contribution in [1.29, 1.82) is 0 Å². The van der Waals surface area contributed by atoms with Gasteiger partial charge in [-0.2, -0.15) is 11.8 Å². The van der Waals surface area contributed by atoms with Crippen LogP contribution < -0.4 is 10.6 Å². The zero-order valence-electron chi connectivity index (χ0n) is 14.7. The summed E-state index contributed by atoms with van der Waals surface area (Å²) in [6, 6.07) is 0.294. The maximum Gasteiger partial charge on any atom is 0.213 e. The van der Waals surface area contributed by atoms with E-state index >= 15 is 0 Å². The fourth-order valence-corrected chi connectivity index (χ4v) is 4.15. The highest BCUT2D eigenvalue weighted by atomic mass is 32.2. The normalized spacial score (nSPS) is 18.1. The van der Waals surface area contributed by atoms with Gasteiger partial charge in [-0.25, -0.2) is 12.7 Å². The van der Waals surface area contributed by atoms with Crippen molar-refractivity contribution in [3.8, 4) is 0 Å². The van der Waals surface area contributed by atoms with Crippen LogP contribution in [-0.2, 0) is 10.0 Å². The van der Waals surface area contributed by atoms with Crippen LogP contribution in [0, 0.1) is 0 Å². The molecule has 0 spiro atoms. The summed E-state index contributed by atoms with van der Waals surface area (Å²) in [6.07, 6.45) is 6.08. The van der Waals surface area contributed by atoms with E-state index in [0.29, 0.717) is 19.1 Å². The van der Waals surface area contributed by atoms with E-state index in [-0.39, 0.29) is 5.75 Å². The SMILES string of the molecule is CCNC(=NCCCCSC)NC1CCN(S(=O)(=O)CC)CC1. The smallest absolute Gasteiger partial charge is 0.213 e. The van der Waals surface area contributed by atoms with Gasteiger partial charge >= 0.3 is 0 Å². The fraction of sp³-hybridized carbons (Fsp3) is 0.933. The minimum absolute atomic E-state index is 0.186. The van der Waals surface area contributed by atoms with Crippen molar-refractivity contribution >= 4 is 27.7 Å². The molecule has 2 N–H and O–H groups in total. The molecule has 0 aromatic rings. The molecule has 6 nitrogen and oxygen atoms in total. The first-order valence-corrected chi connectivity index (χ1v) is 11.5. The lowest BCUT2D eigenvalue weighted by Gasteiger charge is -2.32. The van der Waals surface area contributed by atoms with Crippen LogP contribution in [0.3, 0.4) is 0 Å². The van der Waals surface area contributed by atoms with Gasteiger partial charge in [-0.1, -0.05) is 0 Å². The highest BCUT2D eigenvalue weighted by Crippen LogP contribution is 2.14. The Balaban J connectivity index is 2.41. The number of sulfonamides is 1. The molecule has 1 fully saturated rings. The molecular formula is C15H32N4O2S2. The lowest BCUT2D eigenvalue weighted by molar-refractivity contribution is 0.306. The molecule has 1 aliphatic heterocycles. The predicted octanol–water partition coefficient (Wildman–Crippen LogP) is 1.50. The van der Waals surface area contributed by atoms with Gasteiger partial charge in [0.2, 0.25) is 10.0 Å². The minimum atomic E-state index is -3.05. The average Bonchev–Trinajstić information content (AvgIpc) is 2.55. The molecule has 136 valence electrons. The van der Waals surface area contributed by atoms with Gasteiger partial charge in [0.1, 0.15) is 0 Å². The third-order valence-corrected chi connectivity index (χ3v) is 6.50.